The summed E-state index contributed by atoms with van der Waals surface area (Å²) in [5.41, 5.74) is -0.516. The minimum absolute atomic E-state index is 0.00404. The average Bonchev–Trinajstić information content (AvgIpc) is 2.90. The number of hydrogen-bond donors (Lipinski definition) is 1. The largest absolute Gasteiger partial charge is 0.467 e. The predicted octanol–water partition coefficient (Wildman–Crippen LogP) is -0.231. The van der Waals surface area contributed by atoms with E-state index in [-0.39, 0.29) is 12.2 Å². The second kappa shape index (κ2) is 7.01. The van der Waals surface area contributed by atoms with Gasteiger partial charge in [0.05, 0.1) is 20.4 Å². The van der Waals surface area contributed by atoms with Gasteiger partial charge in [0.2, 0.25) is 5.91 Å². The standard InChI is InChI=1S/C13H20N4O5/c1-13(2,3)10(12(20)22-5)14-9(18)7-17-6-8(15-16-17)11(19)21-4/h6,10H,7H2,1-5H3,(H,14,18)/t10-/m1/s1. The maximum absolute atomic E-state index is 12.0. The van der Waals surface area contributed by atoms with E-state index in [1.54, 1.807) is 20.8 Å². The van der Waals surface area contributed by atoms with Crippen LogP contribution in [-0.4, -0.2) is 53.1 Å². The van der Waals surface area contributed by atoms with E-state index in [9.17, 15) is 14.4 Å². The summed E-state index contributed by atoms with van der Waals surface area (Å²) in [4.78, 5) is 35.0. The summed E-state index contributed by atoms with van der Waals surface area (Å²) >= 11 is 0. The summed E-state index contributed by atoms with van der Waals surface area (Å²) in [6, 6.07) is -0.798. The third kappa shape index (κ3) is 4.54. The van der Waals surface area contributed by atoms with Gasteiger partial charge in [-0.1, -0.05) is 26.0 Å². The smallest absolute Gasteiger partial charge is 0.360 e. The fourth-order valence-corrected chi connectivity index (χ4v) is 1.67. The number of nitrogens with zero attached hydrogens (tertiary/aromatic N) is 3. The lowest BCUT2D eigenvalue weighted by Gasteiger charge is -2.28. The third-order valence-corrected chi connectivity index (χ3v) is 2.85. The van der Waals surface area contributed by atoms with E-state index < -0.39 is 29.3 Å². The highest BCUT2D eigenvalue weighted by molar-refractivity contribution is 5.87. The molecule has 1 aromatic heterocycles. The molecule has 0 saturated heterocycles. The van der Waals surface area contributed by atoms with Crippen LogP contribution in [0.3, 0.4) is 0 Å². The normalized spacial score (nSPS) is 12.4. The summed E-state index contributed by atoms with van der Waals surface area (Å²) in [5.74, 6) is -1.63. The van der Waals surface area contributed by atoms with Crippen molar-refractivity contribution in [1.82, 2.24) is 20.3 Å². The molecule has 0 saturated carbocycles. The first-order valence-electron chi connectivity index (χ1n) is 6.54. The van der Waals surface area contributed by atoms with Crippen LogP contribution in [0.1, 0.15) is 31.3 Å². The summed E-state index contributed by atoms with van der Waals surface area (Å²) < 4.78 is 10.4. The van der Waals surface area contributed by atoms with Gasteiger partial charge in [0.25, 0.3) is 0 Å². The van der Waals surface area contributed by atoms with Crippen molar-refractivity contribution >= 4 is 17.8 Å². The molecular weight excluding hydrogens is 292 g/mol. The fraction of sp³-hybridized carbons (Fsp3) is 0.615. The molecule has 0 bridgehead atoms. The van der Waals surface area contributed by atoms with E-state index in [0.717, 1.165) is 0 Å². The molecule has 122 valence electrons. The van der Waals surface area contributed by atoms with Crippen LogP contribution in [0.15, 0.2) is 6.20 Å². The molecule has 0 aliphatic carbocycles. The third-order valence-electron chi connectivity index (χ3n) is 2.85. The predicted molar refractivity (Wildman–Crippen MR) is 74.8 cm³/mol. The number of aromatic nitrogens is 3. The molecule has 0 spiro atoms. The van der Waals surface area contributed by atoms with Gasteiger partial charge in [-0.3, -0.25) is 4.79 Å². The van der Waals surface area contributed by atoms with E-state index in [1.807, 2.05) is 0 Å². The first-order chi connectivity index (χ1) is 10.2. The van der Waals surface area contributed by atoms with Gasteiger partial charge in [0.15, 0.2) is 5.69 Å². The van der Waals surface area contributed by atoms with Crippen molar-refractivity contribution in [1.29, 1.82) is 0 Å². The fourth-order valence-electron chi connectivity index (χ4n) is 1.67. The number of carbonyl (C=O) groups excluding carboxylic acids is 3. The Morgan fingerprint density at radius 1 is 1.27 bits per heavy atom. The second-order valence-electron chi connectivity index (χ2n) is 5.68. The molecule has 9 nitrogen and oxygen atoms in total. The molecule has 1 N–H and O–H groups in total. The molecule has 1 rings (SSSR count). The van der Waals surface area contributed by atoms with Gasteiger partial charge >= 0.3 is 11.9 Å². The van der Waals surface area contributed by atoms with Gasteiger partial charge in [-0.05, 0) is 5.41 Å². The molecule has 0 radical (unpaired) electrons. The first kappa shape index (κ1) is 17.6. The van der Waals surface area contributed by atoms with E-state index in [1.165, 1.54) is 25.1 Å². The van der Waals surface area contributed by atoms with Crippen molar-refractivity contribution in [2.24, 2.45) is 5.41 Å². The zero-order valence-electron chi connectivity index (χ0n) is 13.2. The number of nitrogens with one attached hydrogen (secondary N) is 1. The minimum Gasteiger partial charge on any atom is -0.467 e. The number of rotatable bonds is 5. The van der Waals surface area contributed by atoms with Crippen molar-refractivity contribution in [3.05, 3.63) is 11.9 Å². The second-order valence-corrected chi connectivity index (χ2v) is 5.68. The number of esters is 2. The van der Waals surface area contributed by atoms with Gasteiger partial charge in [-0.15, -0.1) is 5.10 Å². The highest BCUT2D eigenvalue weighted by atomic mass is 16.5. The Morgan fingerprint density at radius 3 is 2.41 bits per heavy atom. The monoisotopic (exact) mass is 312 g/mol. The van der Waals surface area contributed by atoms with Crippen LogP contribution in [0.25, 0.3) is 0 Å². The molecule has 0 unspecified atom stereocenters. The molecule has 0 fully saturated rings. The lowest BCUT2D eigenvalue weighted by Crippen LogP contribution is -2.50. The number of ether oxygens (including phenoxy) is 2. The Kier molecular flexibility index (Phi) is 5.61. The molecule has 1 heterocycles. The van der Waals surface area contributed by atoms with Gasteiger partial charge in [0.1, 0.15) is 12.6 Å². The number of amides is 1. The molecular formula is C13H20N4O5. The summed E-state index contributed by atoms with van der Waals surface area (Å²) in [6.07, 6.45) is 1.29. The van der Waals surface area contributed by atoms with Crippen LogP contribution in [0.2, 0.25) is 0 Å². The Morgan fingerprint density at radius 2 is 1.91 bits per heavy atom. The Hall–Kier alpha value is -2.45. The highest BCUT2D eigenvalue weighted by Gasteiger charge is 2.33. The van der Waals surface area contributed by atoms with Crippen LogP contribution < -0.4 is 5.32 Å². The number of hydrogen-bond acceptors (Lipinski definition) is 7. The van der Waals surface area contributed by atoms with E-state index in [2.05, 4.69) is 20.4 Å². The number of carbonyl (C=O) groups is 3. The summed E-state index contributed by atoms with van der Waals surface area (Å²) in [7, 11) is 2.48. The number of methoxy groups -OCH3 is 2. The van der Waals surface area contributed by atoms with Crippen molar-refractivity contribution in [3.63, 3.8) is 0 Å². The average molecular weight is 312 g/mol. The molecule has 0 aromatic carbocycles. The molecule has 1 atom stereocenters. The van der Waals surface area contributed by atoms with Crippen LogP contribution in [0.4, 0.5) is 0 Å². The summed E-state index contributed by atoms with van der Waals surface area (Å²) in [5, 5.41) is 9.82. The lowest BCUT2D eigenvalue weighted by molar-refractivity contribution is -0.148. The van der Waals surface area contributed by atoms with Crippen LogP contribution in [0.5, 0.6) is 0 Å². The van der Waals surface area contributed by atoms with E-state index in [4.69, 9.17) is 4.74 Å². The van der Waals surface area contributed by atoms with Crippen molar-refractivity contribution < 1.29 is 23.9 Å². The SMILES string of the molecule is COC(=O)c1cn(CC(=O)N[C@H](C(=O)OC)C(C)(C)C)nn1. The lowest BCUT2D eigenvalue weighted by atomic mass is 9.86. The van der Waals surface area contributed by atoms with Crippen LogP contribution >= 0.6 is 0 Å². The molecule has 9 heteroatoms. The maximum atomic E-state index is 12.0. The highest BCUT2D eigenvalue weighted by Crippen LogP contribution is 2.20. The van der Waals surface area contributed by atoms with E-state index in [0.29, 0.717) is 0 Å². The van der Waals surface area contributed by atoms with E-state index >= 15 is 0 Å². The topological polar surface area (TPSA) is 112 Å². The quantitative estimate of drug-likeness (QED) is 0.747. The molecule has 1 aromatic rings. The molecule has 1 amide bonds. The van der Waals surface area contributed by atoms with Gasteiger partial charge in [-0.2, -0.15) is 0 Å². The van der Waals surface area contributed by atoms with Crippen molar-refractivity contribution in [2.75, 3.05) is 14.2 Å². The zero-order chi connectivity index (χ0) is 16.9. The van der Waals surface area contributed by atoms with Crippen LogP contribution in [-0.2, 0) is 25.6 Å². The first-order valence-corrected chi connectivity index (χ1v) is 6.54. The molecule has 22 heavy (non-hydrogen) atoms. The zero-order valence-corrected chi connectivity index (χ0v) is 13.2. The van der Waals surface area contributed by atoms with Gasteiger partial charge in [-0.25, -0.2) is 14.3 Å². The Labute approximate surface area is 128 Å². The molecule has 0 aliphatic heterocycles. The minimum atomic E-state index is -0.798. The van der Waals surface area contributed by atoms with Crippen molar-refractivity contribution in [2.45, 2.75) is 33.4 Å². The summed E-state index contributed by atoms with van der Waals surface area (Å²) in [6.45, 7) is 5.23. The molecule has 0 aliphatic rings. The maximum Gasteiger partial charge on any atom is 0.360 e. The van der Waals surface area contributed by atoms with Crippen molar-refractivity contribution in [3.8, 4) is 0 Å². The van der Waals surface area contributed by atoms with Crippen LogP contribution in [0, 0.1) is 5.41 Å². The van der Waals surface area contributed by atoms with Gasteiger partial charge in [0, 0.05) is 0 Å². The Balaban J connectivity index is 2.74. The van der Waals surface area contributed by atoms with Gasteiger partial charge < -0.3 is 14.8 Å². The Bertz CT molecular complexity index is 561.